The summed E-state index contributed by atoms with van der Waals surface area (Å²) in [5.74, 6) is -0.361. The molecule has 4 nitrogen and oxygen atoms in total. The van der Waals surface area contributed by atoms with E-state index in [9.17, 15) is 9.18 Å². The maximum Gasteiger partial charge on any atom is 0.222 e. The van der Waals surface area contributed by atoms with Crippen LogP contribution in [0.3, 0.4) is 0 Å². The molecule has 0 spiro atoms. The molecule has 0 saturated carbocycles. The van der Waals surface area contributed by atoms with Crippen LogP contribution in [0.2, 0.25) is 5.02 Å². The summed E-state index contributed by atoms with van der Waals surface area (Å²) in [4.78, 5) is 14.6. The standard InChI is InChI=1S/C21H25ClFN3O.2ClH/c22-19-11-17(23)9-8-16(19)13-26-10-4-7-18(14-26)25-21(27)12-20(24)15-5-2-1-3-6-15;;/h1-3,5-6,8-9,11,18,20H,4,7,10,12-14,24H2,(H,25,27);2*1H. The van der Waals surface area contributed by atoms with Crippen molar-refractivity contribution in [3.05, 3.63) is 70.5 Å². The summed E-state index contributed by atoms with van der Waals surface area (Å²) in [7, 11) is 0. The summed E-state index contributed by atoms with van der Waals surface area (Å²) >= 11 is 6.13. The number of nitrogens with one attached hydrogen (secondary N) is 1. The Kier molecular flexibility index (Phi) is 10.9. The molecule has 160 valence electrons. The van der Waals surface area contributed by atoms with Gasteiger partial charge in [0.25, 0.3) is 0 Å². The normalized spacial score (nSPS) is 17.6. The molecule has 1 heterocycles. The number of nitrogens with two attached hydrogens (primary N) is 1. The van der Waals surface area contributed by atoms with E-state index in [0.717, 1.165) is 37.1 Å². The second-order valence-corrected chi connectivity index (χ2v) is 7.51. The number of rotatable bonds is 6. The lowest BCUT2D eigenvalue weighted by molar-refractivity contribution is -0.122. The highest BCUT2D eigenvalue weighted by atomic mass is 35.5. The van der Waals surface area contributed by atoms with Crippen molar-refractivity contribution in [3.8, 4) is 0 Å². The Labute approximate surface area is 188 Å². The van der Waals surface area contributed by atoms with E-state index in [1.807, 2.05) is 30.3 Å². The maximum absolute atomic E-state index is 13.2. The smallest absolute Gasteiger partial charge is 0.222 e. The number of carbonyl (C=O) groups is 1. The van der Waals surface area contributed by atoms with E-state index >= 15 is 0 Å². The molecule has 2 aromatic carbocycles. The van der Waals surface area contributed by atoms with Gasteiger partial charge in [0.2, 0.25) is 5.91 Å². The molecule has 3 N–H and O–H groups in total. The minimum atomic E-state index is -0.331. The minimum absolute atomic E-state index is 0. The van der Waals surface area contributed by atoms with Crippen molar-refractivity contribution in [3.63, 3.8) is 0 Å². The minimum Gasteiger partial charge on any atom is -0.352 e. The zero-order valence-electron chi connectivity index (χ0n) is 16.0. The van der Waals surface area contributed by atoms with Crippen LogP contribution in [0, 0.1) is 5.82 Å². The Balaban J connectivity index is 0.00000210. The molecule has 0 radical (unpaired) electrons. The van der Waals surface area contributed by atoms with E-state index in [4.69, 9.17) is 17.3 Å². The zero-order valence-corrected chi connectivity index (χ0v) is 18.4. The molecule has 3 rings (SSSR count). The molecule has 29 heavy (non-hydrogen) atoms. The lowest BCUT2D eigenvalue weighted by Crippen LogP contribution is -2.47. The lowest BCUT2D eigenvalue weighted by Gasteiger charge is -2.33. The predicted molar refractivity (Wildman–Crippen MR) is 120 cm³/mol. The number of nitrogens with zero attached hydrogens (tertiary/aromatic N) is 1. The summed E-state index contributed by atoms with van der Waals surface area (Å²) in [5, 5.41) is 3.55. The van der Waals surface area contributed by atoms with Crippen LogP contribution in [-0.2, 0) is 11.3 Å². The van der Waals surface area contributed by atoms with Crippen molar-refractivity contribution in [2.24, 2.45) is 5.73 Å². The van der Waals surface area contributed by atoms with E-state index in [1.54, 1.807) is 6.07 Å². The zero-order chi connectivity index (χ0) is 19.2. The predicted octanol–water partition coefficient (Wildman–Crippen LogP) is 4.49. The molecule has 1 amide bonds. The van der Waals surface area contributed by atoms with Crippen molar-refractivity contribution < 1.29 is 9.18 Å². The third kappa shape index (κ3) is 7.76. The Morgan fingerprint density at radius 2 is 1.97 bits per heavy atom. The third-order valence-corrected chi connectivity index (χ3v) is 5.26. The van der Waals surface area contributed by atoms with Gasteiger partial charge in [-0.2, -0.15) is 0 Å². The van der Waals surface area contributed by atoms with Gasteiger partial charge in [0, 0.05) is 36.6 Å². The van der Waals surface area contributed by atoms with Crippen LogP contribution in [0.25, 0.3) is 0 Å². The molecular weight excluding hydrogens is 436 g/mol. The van der Waals surface area contributed by atoms with Crippen molar-refractivity contribution in [2.75, 3.05) is 13.1 Å². The highest BCUT2D eigenvalue weighted by Crippen LogP contribution is 2.21. The van der Waals surface area contributed by atoms with Crippen molar-refractivity contribution in [1.29, 1.82) is 0 Å². The summed E-state index contributed by atoms with van der Waals surface area (Å²) in [5.41, 5.74) is 8.00. The fourth-order valence-corrected chi connectivity index (χ4v) is 3.74. The number of piperidine rings is 1. The van der Waals surface area contributed by atoms with E-state index in [1.165, 1.54) is 12.1 Å². The Hall–Kier alpha value is -1.37. The third-order valence-electron chi connectivity index (χ3n) is 4.91. The van der Waals surface area contributed by atoms with Gasteiger partial charge in [0.15, 0.2) is 0 Å². The molecule has 2 aromatic rings. The lowest BCUT2D eigenvalue weighted by atomic mass is 10.0. The average Bonchev–Trinajstić information content (AvgIpc) is 2.65. The van der Waals surface area contributed by atoms with Crippen molar-refractivity contribution >= 4 is 42.3 Å². The van der Waals surface area contributed by atoms with Gasteiger partial charge in [-0.25, -0.2) is 4.39 Å². The monoisotopic (exact) mass is 461 g/mol. The fraction of sp³-hybridized carbons (Fsp3) is 0.381. The highest BCUT2D eigenvalue weighted by molar-refractivity contribution is 6.31. The van der Waals surface area contributed by atoms with Crippen molar-refractivity contribution in [1.82, 2.24) is 10.2 Å². The van der Waals surface area contributed by atoms with Gasteiger partial charge in [-0.3, -0.25) is 9.69 Å². The quantitative estimate of drug-likeness (QED) is 0.665. The van der Waals surface area contributed by atoms with Crippen LogP contribution in [0.5, 0.6) is 0 Å². The first-order valence-corrected chi connectivity index (χ1v) is 9.65. The fourth-order valence-electron chi connectivity index (χ4n) is 3.51. The highest BCUT2D eigenvalue weighted by Gasteiger charge is 2.23. The number of hydrogen-bond acceptors (Lipinski definition) is 3. The summed E-state index contributed by atoms with van der Waals surface area (Å²) in [6.07, 6.45) is 2.21. The van der Waals surface area contributed by atoms with Crippen LogP contribution in [0.4, 0.5) is 4.39 Å². The van der Waals surface area contributed by atoms with Gasteiger partial charge in [0.1, 0.15) is 5.82 Å². The molecule has 1 aliphatic heterocycles. The second kappa shape index (κ2) is 12.4. The second-order valence-electron chi connectivity index (χ2n) is 7.10. The summed E-state index contributed by atoms with van der Waals surface area (Å²) in [6.45, 7) is 2.33. The molecular formula is C21H27Cl3FN3O. The van der Waals surface area contributed by atoms with E-state index in [2.05, 4.69) is 10.2 Å². The molecule has 1 saturated heterocycles. The maximum atomic E-state index is 13.2. The van der Waals surface area contributed by atoms with Crippen LogP contribution in [0.15, 0.2) is 48.5 Å². The molecule has 2 atom stereocenters. The largest absolute Gasteiger partial charge is 0.352 e. The molecule has 1 aliphatic rings. The van der Waals surface area contributed by atoms with Crippen LogP contribution in [0.1, 0.15) is 36.4 Å². The van der Waals surface area contributed by atoms with Crippen LogP contribution >= 0.6 is 36.4 Å². The van der Waals surface area contributed by atoms with Gasteiger partial charge in [-0.15, -0.1) is 24.8 Å². The van der Waals surface area contributed by atoms with Gasteiger partial charge in [0.05, 0.1) is 0 Å². The summed E-state index contributed by atoms with van der Waals surface area (Å²) < 4.78 is 13.2. The molecule has 0 aliphatic carbocycles. The molecule has 1 fully saturated rings. The first-order valence-electron chi connectivity index (χ1n) is 9.27. The van der Waals surface area contributed by atoms with Crippen LogP contribution in [-0.4, -0.2) is 29.9 Å². The average molecular weight is 463 g/mol. The number of halogens is 4. The number of hydrogen-bond donors (Lipinski definition) is 2. The number of carbonyl (C=O) groups excluding carboxylic acids is 1. The first kappa shape index (κ1) is 25.7. The Morgan fingerprint density at radius 1 is 1.24 bits per heavy atom. The number of benzene rings is 2. The topological polar surface area (TPSA) is 58.4 Å². The Bertz CT molecular complexity index is 779. The Morgan fingerprint density at radius 3 is 2.66 bits per heavy atom. The van der Waals surface area contributed by atoms with E-state index < -0.39 is 0 Å². The summed E-state index contributed by atoms with van der Waals surface area (Å²) in [6, 6.07) is 13.9. The van der Waals surface area contributed by atoms with E-state index in [0.29, 0.717) is 11.6 Å². The molecule has 0 bridgehead atoms. The van der Waals surface area contributed by atoms with Gasteiger partial charge in [-0.05, 0) is 42.6 Å². The SMILES string of the molecule is Cl.Cl.NC(CC(=O)NC1CCCN(Cc2ccc(F)cc2Cl)C1)c1ccccc1. The van der Waals surface area contributed by atoms with Crippen molar-refractivity contribution in [2.45, 2.75) is 37.9 Å². The molecule has 8 heteroatoms. The van der Waals surface area contributed by atoms with Gasteiger partial charge >= 0.3 is 0 Å². The number of amides is 1. The van der Waals surface area contributed by atoms with Gasteiger partial charge < -0.3 is 11.1 Å². The first-order chi connectivity index (χ1) is 13.0. The molecule has 2 unspecified atom stereocenters. The molecule has 0 aromatic heterocycles. The van der Waals surface area contributed by atoms with E-state index in [-0.39, 0.29) is 55.0 Å². The van der Waals surface area contributed by atoms with Crippen LogP contribution < -0.4 is 11.1 Å². The van der Waals surface area contributed by atoms with Gasteiger partial charge in [-0.1, -0.05) is 48.0 Å². The number of likely N-dealkylation sites (tertiary alicyclic amines) is 1.